The predicted molar refractivity (Wildman–Crippen MR) is 113 cm³/mol. The predicted octanol–water partition coefficient (Wildman–Crippen LogP) is 3.97. The highest BCUT2D eigenvalue weighted by Crippen LogP contribution is 2.32. The number of para-hydroxylation sites is 1. The Labute approximate surface area is 174 Å². The smallest absolute Gasteiger partial charge is 0.294 e. The van der Waals surface area contributed by atoms with E-state index in [4.69, 9.17) is 11.6 Å². The number of nitrogens with one attached hydrogen (secondary N) is 1. The first-order chi connectivity index (χ1) is 14.0. The van der Waals surface area contributed by atoms with Gasteiger partial charge in [0.25, 0.3) is 11.8 Å². The average Bonchev–Trinajstić information content (AvgIpc) is 2.69. The van der Waals surface area contributed by atoms with Crippen LogP contribution in [0.5, 0.6) is 0 Å². The molecule has 3 aromatic rings. The number of nitrogens with zero attached hydrogens (tertiary/aromatic N) is 2. The topological polar surface area (TPSA) is 53.3 Å². The summed E-state index contributed by atoms with van der Waals surface area (Å²) in [5.74, 6) is -0.437. The maximum absolute atomic E-state index is 13.5. The van der Waals surface area contributed by atoms with E-state index in [9.17, 15) is 9.59 Å². The summed E-state index contributed by atoms with van der Waals surface area (Å²) >= 11 is 6.17. The number of hydrogen-bond acceptors (Lipinski definition) is 2. The summed E-state index contributed by atoms with van der Waals surface area (Å²) < 4.78 is 1.82. The summed E-state index contributed by atoms with van der Waals surface area (Å²) in [5.41, 5.74) is 4.05. The van der Waals surface area contributed by atoms with E-state index < -0.39 is 6.04 Å². The molecule has 1 aliphatic heterocycles. The Morgan fingerprint density at radius 2 is 1.79 bits per heavy atom. The number of amides is 2. The van der Waals surface area contributed by atoms with E-state index in [1.165, 1.54) is 4.90 Å². The molecule has 0 spiro atoms. The Hall–Kier alpha value is -3.18. The van der Waals surface area contributed by atoms with Crippen molar-refractivity contribution < 1.29 is 14.2 Å². The van der Waals surface area contributed by atoms with Crippen LogP contribution in [-0.2, 0) is 16.1 Å². The lowest BCUT2D eigenvalue weighted by Gasteiger charge is -2.32. The highest BCUT2D eigenvalue weighted by molar-refractivity contribution is 6.31. The van der Waals surface area contributed by atoms with Gasteiger partial charge < -0.3 is 5.32 Å². The van der Waals surface area contributed by atoms with Gasteiger partial charge in [0.15, 0.2) is 6.20 Å². The Bertz CT molecular complexity index is 1090. The number of rotatable bonds is 3. The molecule has 1 unspecified atom stereocenters. The van der Waals surface area contributed by atoms with E-state index in [1.807, 2.05) is 61.0 Å². The summed E-state index contributed by atoms with van der Waals surface area (Å²) in [4.78, 5) is 28.1. The maximum Gasteiger partial charge on any atom is 0.294 e. The van der Waals surface area contributed by atoms with Crippen LogP contribution in [0, 0.1) is 13.8 Å². The molecule has 146 valence electrons. The summed E-state index contributed by atoms with van der Waals surface area (Å²) in [6.07, 6.45) is 1.82. The minimum Gasteiger partial charge on any atom is -0.323 e. The maximum atomic E-state index is 13.5. The molecule has 0 saturated heterocycles. The molecule has 0 saturated carbocycles. The van der Waals surface area contributed by atoms with Crippen molar-refractivity contribution in [1.29, 1.82) is 0 Å². The molecule has 0 bridgehead atoms. The Balaban J connectivity index is 1.81. The Kier molecular flexibility index (Phi) is 5.07. The molecule has 4 rings (SSSR count). The molecule has 1 aliphatic rings. The van der Waals surface area contributed by atoms with E-state index in [-0.39, 0.29) is 18.4 Å². The zero-order valence-electron chi connectivity index (χ0n) is 16.2. The number of benzene rings is 2. The van der Waals surface area contributed by atoms with E-state index in [1.54, 1.807) is 24.3 Å². The van der Waals surface area contributed by atoms with Crippen LogP contribution in [0.3, 0.4) is 0 Å². The van der Waals surface area contributed by atoms with E-state index in [2.05, 4.69) is 5.32 Å². The molecule has 1 atom stereocenters. The van der Waals surface area contributed by atoms with Crippen molar-refractivity contribution in [3.8, 4) is 0 Å². The van der Waals surface area contributed by atoms with Crippen LogP contribution in [0.25, 0.3) is 0 Å². The van der Waals surface area contributed by atoms with E-state index >= 15 is 0 Å². The number of fused-ring (bicyclic) bond motifs is 1. The van der Waals surface area contributed by atoms with E-state index in [0.29, 0.717) is 10.7 Å². The van der Waals surface area contributed by atoms with E-state index in [0.717, 1.165) is 22.5 Å². The molecular weight excluding hydrogens is 386 g/mol. The fourth-order valence-corrected chi connectivity index (χ4v) is 3.94. The third-order valence-electron chi connectivity index (χ3n) is 5.15. The van der Waals surface area contributed by atoms with Crippen molar-refractivity contribution in [3.05, 3.63) is 88.7 Å². The largest absolute Gasteiger partial charge is 0.323 e. The third-order valence-corrected chi connectivity index (χ3v) is 5.39. The van der Waals surface area contributed by atoms with Crippen molar-refractivity contribution >= 4 is 34.8 Å². The molecule has 5 nitrogen and oxygen atoms in total. The zero-order valence-corrected chi connectivity index (χ0v) is 17.0. The van der Waals surface area contributed by atoms with Gasteiger partial charge in [-0.15, -0.1) is 0 Å². The van der Waals surface area contributed by atoms with Crippen LogP contribution in [0.4, 0.5) is 11.4 Å². The number of halogens is 1. The first kappa shape index (κ1) is 19.2. The minimum absolute atomic E-state index is 0.163. The second-order valence-corrected chi connectivity index (χ2v) is 7.59. The van der Waals surface area contributed by atoms with Gasteiger partial charge in [-0.05, 0) is 43.2 Å². The van der Waals surface area contributed by atoms with Crippen molar-refractivity contribution in [2.45, 2.75) is 26.4 Å². The number of pyridine rings is 1. The van der Waals surface area contributed by atoms with Gasteiger partial charge in [0, 0.05) is 28.5 Å². The van der Waals surface area contributed by atoms with Gasteiger partial charge in [-0.1, -0.05) is 41.9 Å². The molecule has 6 heteroatoms. The van der Waals surface area contributed by atoms with Crippen molar-refractivity contribution in [2.24, 2.45) is 0 Å². The number of anilines is 2. The normalized spacial score (nSPS) is 15.8. The summed E-state index contributed by atoms with van der Waals surface area (Å²) in [6, 6.07) is 17.7. The molecular formula is C23H21ClN3O2+. The van der Waals surface area contributed by atoms with Crippen molar-refractivity contribution in [1.82, 2.24) is 0 Å². The molecule has 0 aliphatic carbocycles. The molecule has 1 N–H and O–H groups in total. The molecule has 2 amide bonds. The fraction of sp³-hybridized carbons (Fsp3) is 0.174. The van der Waals surface area contributed by atoms with Crippen LogP contribution < -0.4 is 14.8 Å². The van der Waals surface area contributed by atoms with Gasteiger partial charge >= 0.3 is 0 Å². The van der Waals surface area contributed by atoms with Crippen LogP contribution in [0.15, 0.2) is 66.9 Å². The van der Waals surface area contributed by atoms with Gasteiger partial charge in [-0.3, -0.25) is 14.5 Å². The Morgan fingerprint density at radius 3 is 2.52 bits per heavy atom. The monoisotopic (exact) mass is 406 g/mol. The van der Waals surface area contributed by atoms with Gasteiger partial charge in [-0.25, -0.2) is 0 Å². The van der Waals surface area contributed by atoms with Crippen molar-refractivity contribution in [2.75, 3.05) is 10.2 Å². The lowest BCUT2D eigenvalue weighted by Crippen LogP contribution is -2.58. The summed E-state index contributed by atoms with van der Waals surface area (Å²) in [7, 11) is 0. The standard InChI is InChI=1S/C23H20ClN3O2/c1-15-7-5-8-16(2)21(15)25-23(29)22-19-11-3-4-12-26(19)14-20(28)27(22)18-10-6-9-17(24)13-18/h3-13,22H,14H2,1-2H3/p+1. The molecule has 2 aromatic carbocycles. The van der Waals surface area contributed by atoms with Crippen LogP contribution in [0.2, 0.25) is 5.02 Å². The highest BCUT2D eigenvalue weighted by atomic mass is 35.5. The average molecular weight is 407 g/mol. The first-order valence-electron chi connectivity index (χ1n) is 9.39. The number of carbonyl (C=O) groups excluding carboxylic acids is 2. The molecule has 0 radical (unpaired) electrons. The molecule has 1 aromatic heterocycles. The second kappa shape index (κ2) is 7.68. The van der Waals surface area contributed by atoms with Crippen LogP contribution >= 0.6 is 11.6 Å². The fourth-order valence-electron chi connectivity index (χ4n) is 3.75. The van der Waals surface area contributed by atoms with Gasteiger partial charge in [0.1, 0.15) is 0 Å². The number of carbonyl (C=O) groups is 2. The highest BCUT2D eigenvalue weighted by Gasteiger charge is 2.43. The molecule has 2 heterocycles. The Morgan fingerprint density at radius 1 is 1.07 bits per heavy atom. The summed E-state index contributed by atoms with van der Waals surface area (Å²) in [6.45, 7) is 4.06. The summed E-state index contributed by atoms with van der Waals surface area (Å²) in [5, 5.41) is 3.55. The SMILES string of the molecule is Cc1cccc(C)c1NC(=O)C1c2cccc[n+]2CC(=O)N1c1cccc(Cl)c1. The number of aryl methyl sites for hydroxylation is 2. The quantitative estimate of drug-likeness (QED) is 0.669. The van der Waals surface area contributed by atoms with Crippen LogP contribution in [0.1, 0.15) is 22.9 Å². The van der Waals surface area contributed by atoms with Gasteiger partial charge in [-0.2, -0.15) is 4.57 Å². The van der Waals surface area contributed by atoms with Crippen molar-refractivity contribution in [3.63, 3.8) is 0 Å². The first-order valence-corrected chi connectivity index (χ1v) is 9.76. The van der Waals surface area contributed by atoms with Crippen LogP contribution in [-0.4, -0.2) is 11.8 Å². The van der Waals surface area contributed by atoms with Gasteiger partial charge in [0.05, 0.1) is 0 Å². The number of aromatic nitrogens is 1. The zero-order chi connectivity index (χ0) is 20.5. The lowest BCUT2D eigenvalue weighted by atomic mass is 10.0. The third kappa shape index (κ3) is 3.61. The number of hydrogen-bond donors (Lipinski definition) is 1. The molecule has 0 fully saturated rings. The second-order valence-electron chi connectivity index (χ2n) is 7.16. The molecule has 29 heavy (non-hydrogen) atoms. The van der Waals surface area contributed by atoms with Gasteiger partial charge in [0.2, 0.25) is 18.3 Å². The minimum atomic E-state index is -0.810. The lowest BCUT2D eigenvalue weighted by molar-refractivity contribution is -0.695.